The highest BCUT2D eigenvalue weighted by molar-refractivity contribution is 7.93. The number of nitrogens with zero attached hydrogens (tertiary/aromatic N) is 1. The number of hydrogen-bond donors (Lipinski definition) is 0. The zero-order chi connectivity index (χ0) is 22.3. The van der Waals surface area contributed by atoms with E-state index >= 15 is 0 Å². The summed E-state index contributed by atoms with van der Waals surface area (Å²) in [6.45, 7) is 1.76. The first-order chi connectivity index (χ1) is 15.0. The van der Waals surface area contributed by atoms with Crippen LogP contribution in [-0.4, -0.2) is 34.6 Å². The normalized spacial score (nSPS) is 10.9. The van der Waals surface area contributed by atoms with Gasteiger partial charge in [0.25, 0.3) is 15.9 Å². The first-order valence-electron chi connectivity index (χ1n) is 9.59. The summed E-state index contributed by atoms with van der Waals surface area (Å²) in [7, 11) is -2.66. The Kier molecular flexibility index (Phi) is 7.15. The zero-order valence-corrected chi connectivity index (χ0v) is 18.0. The van der Waals surface area contributed by atoms with Crippen LogP contribution in [0.1, 0.15) is 6.92 Å². The Morgan fingerprint density at radius 2 is 1.42 bits per heavy atom. The summed E-state index contributed by atoms with van der Waals surface area (Å²) < 4.78 is 43.6. The highest BCUT2D eigenvalue weighted by Crippen LogP contribution is 2.28. The van der Waals surface area contributed by atoms with Gasteiger partial charge in [0, 0.05) is 0 Å². The van der Waals surface area contributed by atoms with Crippen LogP contribution < -0.4 is 18.5 Å². The van der Waals surface area contributed by atoms with Crippen molar-refractivity contribution in [2.24, 2.45) is 0 Å². The zero-order valence-electron chi connectivity index (χ0n) is 17.2. The van der Waals surface area contributed by atoms with Crippen LogP contribution in [0.2, 0.25) is 0 Å². The van der Waals surface area contributed by atoms with E-state index in [0.29, 0.717) is 23.9 Å². The summed E-state index contributed by atoms with van der Waals surface area (Å²) in [4.78, 5) is 13.1. The average Bonchev–Trinajstić information content (AvgIpc) is 2.80. The standard InChI is InChI=1S/C23H23NO6S/c1-3-29-21-11-7-8-12-22(21)30-17-23(25)24(18-13-15-19(28-2)16-14-18)31(26,27)20-9-5-4-6-10-20/h4-16H,3,17H2,1-2H3. The van der Waals surface area contributed by atoms with Crippen molar-refractivity contribution in [3.05, 3.63) is 78.9 Å². The van der Waals surface area contributed by atoms with Gasteiger partial charge in [-0.05, 0) is 55.5 Å². The summed E-state index contributed by atoms with van der Waals surface area (Å²) >= 11 is 0. The lowest BCUT2D eigenvalue weighted by atomic mass is 10.3. The number of benzene rings is 3. The van der Waals surface area contributed by atoms with Crippen molar-refractivity contribution in [2.75, 3.05) is 24.6 Å². The van der Waals surface area contributed by atoms with Gasteiger partial charge in [0.2, 0.25) is 0 Å². The Bertz CT molecular complexity index is 1110. The maximum Gasteiger partial charge on any atom is 0.278 e. The summed E-state index contributed by atoms with van der Waals surface area (Å²) in [6.07, 6.45) is 0. The Morgan fingerprint density at radius 3 is 2.00 bits per heavy atom. The smallest absolute Gasteiger partial charge is 0.278 e. The van der Waals surface area contributed by atoms with Gasteiger partial charge in [-0.3, -0.25) is 4.79 Å². The highest BCUT2D eigenvalue weighted by atomic mass is 32.2. The topological polar surface area (TPSA) is 82.1 Å². The lowest BCUT2D eigenvalue weighted by Gasteiger charge is -2.23. The number of sulfonamides is 1. The van der Waals surface area contributed by atoms with Crippen LogP contribution in [-0.2, 0) is 14.8 Å². The van der Waals surface area contributed by atoms with E-state index in [0.717, 1.165) is 4.31 Å². The molecule has 0 atom stereocenters. The second-order valence-electron chi connectivity index (χ2n) is 6.34. The fourth-order valence-electron chi connectivity index (χ4n) is 2.87. The van der Waals surface area contributed by atoms with Gasteiger partial charge in [-0.1, -0.05) is 30.3 Å². The van der Waals surface area contributed by atoms with Crippen LogP contribution in [0.5, 0.6) is 17.2 Å². The number of anilines is 1. The lowest BCUT2D eigenvalue weighted by Crippen LogP contribution is -2.40. The highest BCUT2D eigenvalue weighted by Gasteiger charge is 2.31. The molecule has 0 heterocycles. The Hall–Kier alpha value is -3.52. The molecular weight excluding hydrogens is 418 g/mol. The molecule has 0 aromatic heterocycles. The number of carbonyl (C=O) groups excluding carboxylic acids is 1. The van der Waals surface area contributed by atoms with Gasteiger partial charge in [-0.2, -0.15) is 4.31 Å². The number of methoxy groups -OCH3 is 1. The van der Waals surface area contributed by atoms with Crippen molar-refractivity contribution < 1.29 is 27.4 Å². The SMILES string of the molecule is CCOc1ccccc1OCC(=O)N(c1ccc(OC)cc1)S(=O)(=O)c1ccccc1. The maximum atomic E-state index is 13.3. The quantitative estimate of drug-likeness (QED) is 0.501. The van der Waals surface area contributed by atoms with E-state index in [4.69, 9.17) is 14.2 Å². The summed E-state index contributed by atoms with van der Waals surface area (Å²) in [5.41, 5.74) is 0.177. The Balaban J connectivity index is 1.93. The van der Waals surface area contributed by atoms with E-state index in [1.54, 1.807) is 54.6 Å². The van der Waals surface area contributed by atoms with E-state index in [9.17, 15) is 13.2 Å². The number of ether oxygens (including phenoxy) is 3. The molecule has 162 valence electrons. The molecular formula is C23H23NO6S. The van der Waals surface area contributed by atoms with Gasteiger partial charge >= 0.3 is 0 Å². The van der Waals surface area contributed by atoms with Crippen molar-refractivity contribution >= 4 is 21.6 Å². The molecule has 8 heteroatoms. The summed E-state index contributed by atoms with van der Waals surface area (Å²) in [5.74, 6) is 0.611. The van der Waals surface area contributed by atoms with Crippen molar-refractivity contribution in [3.8, 4) is 17.2 Å². The van der Waals surface area contributed by atoms with Crippen LogP contribution in [0.3, 0.4) is 0 Å². The van der Waals surface area contributed by atoms with Crippen LogP contribution in [0, 0.1) is 0 Å². The second kappa shape index (κ2) is 9.99. The largest absolute Gasteiger partial charge is 0.497 e. The maximum absolute atomic E-state index is 13.3. The minimum absolute atomic E-state index is 0.00566. The molecule has 0 saturated heterocycles. The van der Waals surface area contributed by atoms with Crippen molar-refractivity contribution in [3.63, 3.8) is 0 Å². The molecule has 31 heavy (non-hydrogen) atoms. The van der Waals surface area contributed by atoms with Crippen molar-refractivity contribution in [1.29, 1.82) is 0 Å². The van der Waals surface area contributed by atoms with Gasteiger partial charge in [0.1, 0.15) is 5.75 Å². The van der Waals surface area contributed by atoms with Crippen LogP contribution >= 0.6 is 0 Å². The average molecular weight is 442 g/mol. The number of amides is 1. The van der Waals surface area contributed by atoms with E-state index in [1.165, 1.54) is 31.4 Å². The molecule has 0 radical (unpaired) electrons. The molecule has 0 spiro atoms. The summed E-state index contributed by atoms with van der Waals surface area (Å²) in [5, 5.41) is 0. The molecule has 0 bridgehead atoms. The van der Waals surface area contributed by atoms with Crippen LogP contribution in [0.15, 0.2) is 83.8 Å². The molecule has 3 aromatic carbocycles. The molecule has 0 unspecified atom stereocenters. The van der Waals surface area contributed by atoms with Crippen molar-refractivity contribution in [1.82, 2.24) is 0 Å². The molecule has 0 aliphatic heterocycles. The summed E-state index contributed by atoms with van der Waals surface area (Å²) in [6, 6.07) is 20.8. The molecule has 0 N–H and O–H groups in total. The third kappa shape index (κ3) is 5.16. The number of rotatable bonds is 9. The molecule has 3 aromatic rings. The molecule has 7 nitrogen and oxygen atoms in total. The minimum Gasteiger partial charge on any atom is -0.497 e. The molecule has 0 fully saturated rings. The first kappa shape index (κ1) is 22.2. The third-order valence-electron chi connectivity index (χ3n) is 4.32. The Labute approximate surface area is 181 Å². The van der Waals surface area contributed by atoms with E-state index in [2.05, 4.69) is 0 Å². The van der Waals surface area contributed by atoms with Crippen molar-refractivity contribution in [2.45, 2.75) is 11.8 Å². The molecule has 0 aliphatic rings. The molecule has 1 amide bonds. The molecule has 0 saturated carbocycles. The second-order valence-corrected chi connectivity index (χ2v) is 8.13. The lowest BCUT2D eigenvalue weighted by molar-refractivity contribution is -0.119. The third-order valence-corrected chi connectivity index (χ3v) is 6.08. The van der Waals surface area contributed by atoms with Gasteiger partial charge in [0.15, 0.2) is 18.1 Å². The number of hydrogen-bond acceptors (Lipinski definition) is 6. The van der Waals surface area contributed by atoms with E-state index in [-0.39, 0.29) is 10.6 Å². The predicted octanol–water partition coefficient (Wildman–Crippen LogP) is 3.89. The van der Waals surface area contributed by atoms with Gasteiger partial charge in [0.05, 0.1) is 24.3 Å². The van der Waals surface area contributed by atoms with E-state index in [1.807, 2.05) is 6.92 Å². The molecule has 3 rings (SSSR count). The van der Waals surface area contributed by atoms with Gasteiger partial charge in [-0.25, -0.2) is 8.42 Å². The van der Waals surface area contributed by atoms with Crippen LogP contribution in [0.4, 0.5) is 5.69 Å². The Morgan fingerprint density at radius 1 is 0.839 bits per heavy atom. The van der Waals surface area contributed by atoms with Crippen LogP contribution in [0.25, 0.3) is 0 Å². The number of para-hydroxylation sites is 2. The van der Waals surface area contributed by atoms with Gasteiger partial charge in [-0.15, -0.1) is 0 Å². The monoisotopic (exact) mass is 441 g/mol. The number of carbonyl (C=O) groups is 1. The first-order valence-corrected chi connectivity index (χ1v) is 11.0. The molecule has 0 aliphatic carbocycles. The van der Waals surface area contributed by atoms with Gasteiger partial charge < -0.3 is 14.2 Å². The fraction of sp³-hybridized carbons (Fsp3) is 0.174. The predicted molar refractivity (Wildman–Crippen MR) is 117 cm³/mol. The van der Waals surface area contributed by atoms with E-state index < -0.39 is 22.5 Å². The minimum atomic E-state index is -4.17. The fourth-order valence-corrected chi connectivity index (χ4v) is 4.31.